The molecule has 2 rings (SSSR count). The first kappa shape index (κ1) is 12.1. The molecule has 94 valence electrons. The normalized spacial score (nSPS) is 10.4. The van der Waals surface area contributed by atoms with Crippen molar-refractivity contribution >= 4 is 5.97 Å². The molecule has 1 heterocycles. The van der Waals surface area contributed by atoms with Crippen LogP contribution in [0.15, 0.2) is 22.7 Å². The van der Waals surface area contributed by atoms with Crippen molar-refractivity contribution in [2.24, 2.45) is 0 Å². The SMILES string of the molecule is COc1c(C)ccc(F)c1-c1cc(C(=O)O)no1. The number of nitrogens with zero attached hydrogens (tertiary/aromatic N) is 1. The number of halogens is 1. The second-order valence-corrected chi connectivity index (χ2v) is 3.65. The summed E-state index contributed by atoms with van der Waals surface area (Å²) in [4.78, 5) is 10.7. The van der Waals surface area contributed by atoms with Gasteiger partial charge in [0.05, 0.1) is 12.7 Å². The zero-order chi connectivity index (χ0) is 13.3. The lowest BCUT2D eigenvalue weighted by molar-refractivity contribution is 0.0686. The number of aromatic carboxylic acids is 1. The number of ether oxygens (including phenoxy) is 1. The van der Waals surface area contributed by atoms with Crippen LogP contribution in [0, 0.1) is 12.7 Å². The van der Waals surface area contributed by atoms with Crippen molar-refractivity contribution in [1.29, 1.82) is 0 Å². The van der Waals surface area contributed by atoms with E-state index >= 15 is 0 Å². The van der Waals surface area contributed by atoms with Gasteiger partial charge in [-0.3, -0.25) is 0 Å². The summed E-state index contributed by atoms with van der Waals surface area (Å²) in [7, 11) is 1.40. The monoisotopic (exact) mass is 251 g/mol. The van der Waals surface area contributed by atoms with Crippen molar-refractivity contribution < 1.29 is 23.6 Å². The number of carbonyl (C=O) groups is 1. The van der Waals surface area contributed by atoms with E-state index in [9.17, 15) is 9.18 Å². The summed E-state index contributed by atoms with van der Waals surface area (Å²) in [6.07, 6.45) is 0. The lowest BCUT2D eigenvalue weighted by atomic mass is 10.1. The second kappa shape index (κ2) is 4.48. The van der Waals surface area contributed by atoms with Gasteiger partial charge in [-0.15, -0.1) is 0 Å². The van der Waals surface area contributed by atoms with E-state index < -0.39 is 11.8 Å². The minimum atomic E-state index is -1.24. The standard InChI is InChI=1S/C12H10FNO4/c1-6-3-4-7(13)10(11(6)17-2)9-5-8(12(15)16)14-18-9/h3-5H,1-2H3,(H,15,16). The first-order chi connectivity index (χ1) is 8.54. The van der Waals surface area contributed by atoms with Gasteiger partial charge in [0, 0.05) is 6.07 Å². The van der Waals surface area contributed by atoms with Gasteiger partial charge in [-0.05, 0) is 18.6 Å². The molecule has 18 heavy (non-hydrogen) atoms. The van der Waals surface area contributed by atoms with Gasteiger partial charge in [0.15, 0.2) is 11.5 Å². The van der Waals surface area contributed by atoms with E-state index in [-0.39, 0.29) is 17.0 Å². The van der Waals surface area contributed by atoms with E-state index in [1.54, 1.807) is 13.0 Å². The quantitative estimate of drug-likeness (QED) is 0.907. The van der Waals surface area contributed by atoms with Gasteiger partial charge in [0.1, 0.15) is 11.6 Å². The molecule has 0 saturated heterocycles. The Balaban J connectivity index is 2.62. The molecule has 1 aromatic heterocycles. The van der Waals surface area contributed by atoms with E-state index in [2.05, 4.69) is 5.16 Å². The molecule has 1 aromatic carbocycles. The van der Waals surface area contributed by atoms with Gasteiger partial charge in [-0.1, -0.05) is 11.2 Å². The van der Waals surface area contributed by atoms with Crippen LogP contribution in [-0.2, 0) is 0 Å². The van der Waals surface area contributed by atoms with E-state index in [1.165, 1.54) is 13.2 Å². The minimum Gasteiger partial charge on any atom is -0.496 e. The lowest BCUT2D eigenvalue weighted by Crippen LogP contribution is -1.95. The topological polar surface area (TPSA) is 72.6 Å². The molecule has 0 saturated carbocycles. The zero-order valence-corrected chi connectivity index (χ0v) is 9.73. The third kappa shape index (κ3) is 1.92. The molecule has 0 fully saturated rings. The van der Waals surface area contributed by atoms with E-state index in [0.717, 1.165) is 6.07 Å². The van der Waals surface area contributed by atoms with Crippen molar-refractivity contribution in [3.8, 4) is 17.1 Å². The van der Waals surface area contributed by atoms with Gasteiger partial charge < -0.3 is 14.4 Å². The van der Waals surface area contributed by atoms with Crippen LogP contribution in [0.4, 0.5) is 4.39 Å². The maximum atomic E-state index is 13.8. The Bertz CT molecular complexity index is 606. The highest BCUT2D eigenvalue weighted by molar-refractivity contribution is 5.87. The lowest BCUT2D eigenvalue weighted by Gasteiger charge is -2.09. The second-order valence-electron chi connectivity index (χ2n) is 3.65. The molecule has 6 heteroatoms. The summed E-state index contributed by atoms with van der Waals surface area (Å²) in [5, 5.41) is 12.1. The van der Waals surface area contributed by atoms with Gasteiger partial charge in [0.25, 0.3) is 0 Å². The van der Waals surface area contributed by atoms with Crippen LogP contribution in [-0.4, -0.2) is 23.3 Å². The molecular weight excluding hydrogens is 241 g/mol. The summed E-state index contributed by atoms with van der Waals surface area (Å²) in [6, 6.07) is 3.98. The predicted octanol–water partition coefficient (Wildman–Crippen LogP) is 2.50. The molecule has 0 unspecified atom stereocenters. The van der Waals surface area contributed by atoms with Crippen LogP contribution in [0.3, 0.4) is 0 Å². The fraction of sp³-hybridized carbons (Fsp3) is 0.167. The molecule has 0 aliphatic carbocycles. The van der Waals surface area contributed by atoms with Crippen molar-refractivity contribution in [2.45, 2.75) is 6.92 Å². The summed E-state index contributed by atoms with van der Waals surface area (Å²) < 4.78 is 23.7. The number of aryl methyl sites for hydroxylation is 1. The van der Waals surface area contributed by atoms with E-state index in [4.69, 9.17) is 14.4 Å². The van der Waals surface area contributed by atoms with Crippen LogP contribution < -0.4 is 4.74 Å². The predicted molar refractivity (Wildman–Crippen MR) is 60.1 cm³/mol. The smallest absolute Gasteiger partial charge is 0.358 e. The van der Waals surface area contributed by atoms with Gasteiger partial charge in [-0.25, -0.2) is 9.18 Å². The third-order valence-corrected chi connectivity index (χ3v) is 2.48. The zero-order valence-electron chi connectivity index (χ0n) is 9.73. The number of hydrogen-bond acceptors (Lipinski definition) is 4. The number of carboxylic acids is 1. The summed E-state index contributed by atoms with van der Waals surface area (Å²) >= 11 is 0. The molecule has 0 spiro atoms. The average Bonchev–Trinajstić information content (AvgIpc) is 2.81. The molecule has 0 aliphatic rings. The summed E-state index contributed by atoms with van der Waals surface area (Å²) in [5.74, 6) is -1.49. The Kier molecular flexibility index (Phi) is 3.01. The Morgan fingerprint density at radius 1 is 1.50 bits per heavy atom. The summed E-state index contributed by atoms with van der Waals surface area (Å²) in [6.45, 7) is 1.75. The number of hydrogen-bond donors (Lipinski definition) is 1. The Morgan fingerprint density at radius 2 is 2.22 bits per heavy atom. The number of carboxylic acid groups (broad SMARTS) is 1. The van der Waals surface area contributed by atoms with Crippen molar-refractivity contribution in [3.05, 3.63) is 35.3 Å². The molecule has 0 amide bonds. The van der Waals surface area contributed by atoms with Crippen molar-refractivity contribution in [2.75, 3.05) is 7.11 Å². The van der Waals surface area contributed by atoms with Crippen LogP contribution in [0.2, 0.25) is 0 Å². The highest BCUT2D eigenvalue weighted by Crippen LogP contribution is 2.35. The van der Waals surface area contributed by atoms with Crippen molar-refractivity contribution in [1.82, 2.24) is 5.16 Å². The Labute approximate surface area is 102 Å². The molecular formula is C12H10FNO4. The maximum absolute atomic E-state index is 13.8. The molecule has 0 aliphatic heterocycles. The number of methoxy groups -OCH3 is 1. The summed E-state index contributed by atoms with van der Waals surface area (Å²) in [5.41, 5.74) is 0.493. The molecule has 2 aromatic rings. The molecule has 0 bridgehead atoms. The van der Waals surface area contributed by atoms with Gasteiger partial charge >= 0.3 is 5.97 Å². The first-order valence-corrected chi connectivity index (χ1v) is 5.08. The largest absolute Gasteiger partial charge is 0.496 e. The average molecular weight is 251 g/mol. The third-order valence-electron chi connectivity index (χ3n) is 2.48. The van der Waals surface area contributed by atoms with Crippen LogP contribution in [0.1, 0.15) is 16.1 Å². The van der Waals surface area contributed by atoms with Crippen LogP contribution in [0.5, 0.6) is 5.75 Å². The first-order valence-electron chi connectivity index (χ1n) is 5.08. The molecule has 1 N–H and O–H groups in total. The highest BCUT2D eigenvalue weighted by Gasteiger charge is 2.20. The van der Waals surface area contributed by atoms with E-state index in [1.807, 2.05) is 0 Å². The maximum Gasteiger partial charge on any atom is 0.358 e. The molecule has 5 nitrogen and oxygen atoms in total. The Hall–Kier alpha value is -2.37. The van der Waals surface area contributed by atoms with Gasteiger partial charge in [-0.2, -0.15) is 0 Å². The number of rotatable bonds is 3. The highest BCUT2D eigenvalue weighted by atomic mass is 19.1. The Morgan fingerprint density at radius 3 is 2.78 bits per heavy atom. The van der Waals surface area contributed by atoms with Gasteiger partial charge in [0.2, 0.25) is 0 Å². The van der Waals surface area contributed by atoms with Crippen LogP contribution >= 0.6 is 0 Å². The minimum absolute atomic E-state index is 0.0189. The number of benzene rings is 1. The van der Waals surface area contributed by atoms with E-state index in [0.29, 0.717) is 11.3 Å². The molecule has 0 atom stereocenters. The van der Waals surface area contributed by atoms with Crippen LogP contribution in [0.25, 0.3) is 11.3 Å². The number of aromatic nitrogens is 1. The van der Waals surface area contributed by atoms with Crippen molar-refractivity contribution in [3.63, 3.8) is 0 Å². The fourth-order valence-corrected chi connectivity index (χ4v) is 1.65. The fourth-order valence-electron chi connectivity index (χ4n) is 1.65. The molecule has 0 radical (unpaired) electrons.